The molecule has 8 heteroatoms. The van der Waals surface area contributed by atoms with Crippen molar-refractivity contribution in [1.82, 2.24) is 0 Å². The van der Waals surface area contributed by atoms with Crippen LogP contribution >= 0.6 is 11.6 Å². The number of ether oxygens (including phenoxy) is 2. The lowest BCUT2D eigenvalue weighted by Crippen LogP contribution is -2.11. The molecule has 0 radical (unpaired) electrons. The highest BCUT2D eigenvalue weighted by atomic mass is 35.5. The van der Waals surface area contributed by atoms with Crippen molar-refractivity contribution in [3.8, 4) is 11.5 Å². The molecule has 1 atom stereocenters. The van der Waals surface area contributed by atoms with E-state index in [-0.39, 0.29) is 18.4 Å². The molecule has 0 heterocycles. The molecule has 2 aromatic rings. The molecule has 0 saturated heterocycles. The molecule has 0 bridgehead atoms. The average molecular weight is 407 g/mol. The number of nitro benzene ring substituents is 1. The summed E-state index contributed by atoms with van der Waals surface area (Å²) in [6, 6.07) is 9.68. The van der Waals surface area contributed by atoms with Crippen molar-refractivity contribution in [1.29, 1.82) is 0 Å². The summed E-state index contributed by atoms with van der Waals surface area (Å²) in [7, 11) is 0. The Bertz CT molecular complexity index is 841. The van der Waals surface area contributed by atoms with Gasteiger partial charge >= 0.3 is 0 Å². The molecular weight excluding hydrogens is 384 g/mol. The molecule has 0 saturated carbocycles. The van der Waals surface area contributed by atoms with Gasteiger partial charge in [-0.2, -0.15) is 0 Å². The molecule has 0 amide bonds. The number of oxime groups is 1. The van der Waals surface area contributed by atoms with Crippen LogP contribution in [-0.4, -0.2) is 23.8 Å². The number of halogens is 1. The predicted molar refractivity (Wildman–Crippen MR) is 108 cm³/mol. The molecule has 0 spiro atoms. The lowest BCUT2D eigenvalue weighted by molar-refractivity contribution is -0.384. The quantitative estimate of drug-likeness (QED) is 0.300. The summed E-state index contributed by atoms with van der Waals surface area (Å²) < 4.78 is 11.5. The van der Waals surface area contributed by atoms with E-state index in [0.717, 1.165) is 6.42 Å². The van der Waals surface area contributed by atoms with E-state index in [1.165, 1.54) is 18.3 Å². The molecule has 0 aliphatic rings. The van der Waals surface area contributed by atoms with E-state index in [1.54, 1.807) is 24.3 Å². The van der Waals surface area contributed by atoms with E-state index in [9.17, 15) is 10.1 Å². The van der Waals surface area contributed by atoms with Gasteiger partial charge in [-0.15, -0.1) is 0 Å². The topological polar surface area (TPSA) is 83.2 Å². The fourth-order valence-electron chi connectivity index (χ4n) is 2.29. The van der Waals surface area contributed by atoms with Gasteiger partial charge in [0.1, 0.15) is 6.61 Å². The number of hydrogen-bond donors (Lipinski definition) is 0. The smallest absolute Gasteiger partial charge is 0.269 e. The van der Waals surface area contributed by atoms with Gasteiger partial charge in [-0.1, -0.05) is 35.8 Å². The van der Waals surface area contributed by atoms with Crippen LogP contribution in [0.1, 0.15) is 38.3 Å². The van der Waals surface area contributed by atoms with Crippen molar-refractivity contribution in [3.63, 3.8) is 0 Å². The highest BCUT2D eigenvalue weighted by Crippen LogP contribution is 2.37. The van der Waals surface area contributed by atoms with E-state index in [0.29, 0.717) is 34.3 Å². The summed E-state index contributed by atoms with van der Waals surface area (Å²) >= 11 is 6.36. The van der Waals surface area contributed by atoms with Crippen LogP contribution in [0.25, 0.3) is 0 Å². The minimum atomic E-state index is -0.451. The van der Waals surface area contributed by atoms with Gasteiger partial charge in [0.05, 0.1) is 28.9 Å². The van der Waals surface area contributed by atoms with Crippen LogP contribution in [0.5, 0.6) is 11.5 Å². The van der Waals surface area contributed by atoms with E-state index in [4.69, 9.17) is 25.9 Å². The molecule has 2 aromatic carbocycles. The Kier molecular flexibility index (Phi) is 8.07. The van der Waals surface area contributed by atoms with Gasteiger partial charge in [0, 0.05) is 17.7 Å². The number of non-ortho nitro benzene ring substituents is 1. The Labute approximate surface area is 169 Å². The first kappa shape index (κ1) is 21.5. The molecule has 0 unspecified atom stereocenters. The zero-order valence-corrected chi connectivity index (χ0v) is 16.8. The first-order chi connectivity index (χ1) is 13.4. The van der Waals surface area contributed by atoms with Crippen molar-refractivity contribution in [2.75, 3.05) is 6.61 Å². The fraction of sp³-hybridized carbons (Fsp3) is 0.350. The van der Waals surface area contributed by atoms with Gasteiger partial charge in [0.2, 0.25) is 0 Å². The second-order valence-corrected chi connectivity index (χ2v) is 6.44. The minimum Gasteiger partial charge on any atom is -0.490 e. The number of hydrogen-bond acceptors (Lipinski definition) is 6. The zero-order chi connectivity index (χ0) is 20.5. The standard InChI is InChI=1S/C20H23ClN2O5/c1-4-14(3)28-20-18(21)10-16(11-19(20)26-5-2)12-22-27-13-15-7-6-8-17(9-15)23(24)25/h6-12,14H,4-5,13H2,1-3H3/b22-12-/t14-/m0/s1. The minimum absolute atomic E-state index is 0.00878. The van der Waals surface area contributed by atoms with Crippen LogP contribution in [0.2, 0.25) is 5.02 Å². The highest BCUT2D eigenvalue weighted by Gasteiger charge is 2.14. The monoisotopic (exact) mass is 406 g/mol. The average Bonchev–Trinajstić information content (AvgIpc) is 2.68. The SMILES string of the molecule is CCOc1cc(/C=N\OCc2cccc([N+](=O)[O-])c2)cc(Cl)c1O[C@@H](C)CC. The number of nitrogens with zero attached hydrogens (tertiary/aromatic N) is 2. The lowest BCUT2D eigenvalue weighted by Gasteiger charge is -2.18. The fourth-order valence-corrected chi connectivity index (χ4v) is 2.56. The first-order valence-corrected chi connectivity index (χ1v) is 9.34. The van der Waals surface area contributed by atoms with Gasteiger partial charge in [-0.05, 0) is 38.0 Å². The predicted octanol–water partition coefficient (Wildman–Crippen LogP) is 5.37. The van der Waals surface area contributed by atoms with Crippen molar-refractivity contribution in [3.05, 3.63) is 62.7 Å². The van der Waals surface area contributed by atoms with Gasteiger partial charge in [-0.3, -0.25) is 10.1 Å². The third kappa shape index (κ3) is 6.13. The Balaban J connectivity index is 2.08. The largest absolute Gasteiger partial charge is 0.490 e. The van der Waals surface area contributed by atoms with Crippen LogP contribution < -0.4 is 9.47 Å². The Hall–Kier alpha value is -2.80. The van der Waals surface area contributed by atoms with E-state index < -0.39 is 4.92 Å². The van der Waals surface area contributed by atoms with E-state index >= 15 is 0 Å². The summed E-state index contributed by atoms with van der Waals surface area (Å²) in [5.41, 5.74) is 1.34. The maximum Gasteiger partial charge on any atom is 0.269 e. The third-order valence-corrected chi connectivity index (χ3v) is 4.14. The summed E-state index contributed by atoms with van der Waals surface area (Å²) in [4.78, 5) is 15.6. The maximum atomic E-state index is 10.8. The Morgan fingerprint density at radius 1 is 1.29 bits per heavy atom. The highest BCUT2D eigenvalue weighted by molar-refractivity contribution is 6.32. The van der Waals surface area contributed by atoms with Crippen molar-refractivity contribution >= 4 is 23.5 Å². The normalized spacial score (nSPS) is 12.0. The molecule has 0 aliphatic heterocycles. The molecule has 0 fully saturated rings. The molecule has 2 rings (SSSR count). The number of nitro groups is 1. The molecule has 150 valence electrons. The van der Waals surface area contributed by atoms with Crippen LogP contribution in [0.4, 0.5) is 5.69 Å². The van der Waals surface area contributed by atoms with Crippen LogP contribution in [-0.2, 0) is 11.4 Å². The molecule has 0 aliphatic carbocycles. The first-order valence-electron chi connectivity index (χ1n) is 8.96. The van der Waals surface area contributed by atoms with Crippen molar-refractivity contribution < 1.29 is 19.2 Å². The lowest BCUT2D eigenvalue weighted by atomic mass is 10.2. The third-order valence-electron chi connectivity index (χ3n) is 3.85. The van der Waals surface area contributed by atoms with E-state index in [2.05, 4.69) is 5.16 Å². The van der Waals surface area contributed by atoms with Gasteiger partial charge in [0.25, 0.3) is 5.69 Å². The van der Waals surface area contributed by atoms with Crippen molar-refractivity contribution in [2.45, 2.75) is 39.9 Å². The van der Waals surface area contributed by atoms with Gasteiger partial charge in [-0.25, -0.2) is 0 Å². The Morgan fingerprint density at radius 3 is 2.75 bits per heavy atom. The molecule has 7 nitrogen and oxygen atoms in total. The summed E-state index contributed by atoms with van der Waals surface area (Å²) in [6.07, 6.45) is 2.35. The Morgan fingerprint density at radius 2 is 2.07 bits per heavy atom. The molecule has 0 aromatic heterocycles. The van der Waals surface area contributed by atoms with Crippen molar-refractivity contribution in [2.24, 2.45) is 5.16 Å². The second-order valence-electron chi connectivity index (χ2n) is 6.03. The van der Waals surface area contributed by atoms with Gasteiger partial charge in [0.15, 0.2) is 11.5 Å². The summed E-state index contributed by atoms with van der Waals surface area (Å²) in [5, 5.41) is 15.1. The summed E-state index contributed by atoms with van der Waals surface area (Å²) in [5.74, 6) is 1.04. The number of benzene rings is 2. The van der Waals surface area contributed by atoms with E-state index in [1.807, 2.05) is 20.8 Å². The summed E-state index contributed by atoms with van der Waals surface area (Å²) in [6.45, 7) is 6.45. The molecule has 0 N–H and O–H groups in total. The second kappa shape index (κ2) is 10.5. The van der Waals surface area contributed by atoms with Crippen LogP contribution in [0.15, 0.2) is 41.6 Å². The molecular formula is C20H23ClN2O5. The maximum absolute atomic E-state index is 10.8. The molecule has 28 heavy (non-hydrogen) atoms. The van der Waals surface area contributed by atoms with Crippen LogP contribution in [0.3, 0.4) is 0 Å². The van der Waals surface area contributed by atoms with Crippen LogP contribution in [0, 0.1) is 10.1 Å². The number of rotatable bonds is 10. The zero-order valence-electron chi connectivity index (χ0n) is 16.1. The van der Waals surface area contributed by atoms with Gasteiger partial charge < -0.3 is 14.3 Å².